The maximum atomic E-state index is 12.8. The second kappa shape index (κ2) is 8.36. The average molecular weight is 436 g/mol. The third kappa shape index (κ3) is 4.18. The van der Waals surface area contributed by atoms with Crippen LogP contribution >= 0.6 is 11.6 Å². The molecule has 0 radical (unpaired) electrons. The lowest BCUT2D eigenvalue weighted by atomic mass is 9.95. The lowest BCUT2D eigenvalue weighted by molar-refractivity contribution is -0.127. The molecule has 3 heterocycles. The number of benzene rings is 2. The fourth-order valence-corrected chi connectivity index (χ4v) is 4.62. The summed E-state index contributed by atoms with van der Waals surface area (Å²) < 4.78 is 0. The highest BCUT2D eigenvalue weighted by atomic mass is 35.5. The lowest BCUT2D eigenvalue weighted by Gasteiger charge is -2.31. The van der Waals surface area contributed by atoms with Crippen LogP contribution in [0.15, 0.2) is 48.7 Å². The molecule has 0 bridgehead atoms. The standard InChI is InChI=1S/C24H26ClN5O/c1-15(23-28-21-4-2-3-5-22(21)29-23)27-24(31)16-8-10-30(11-9-16)14-17-13-26-20-7-6-18(25)12-19(17)20/h2-7,12-13,15-16,26H,8-11,14H2,1H3,(H,27,31)(H,28,29). The first-order chi connectivity index (χ1) is 15.1. The number of piperidine rings is 1. The smallest absolute Gasteiger partial charge is 0.223 e. The molecule has 6 nitrogen and oxygen atoms in total. The zero-order valence-electron chi connectivity index (χ0n) is 17.5. The van der Waals surface area contributed by atoms with Gasteiger partial charge in [-0.2, -0.15) is 0 Å². The first kappa shape index (κ1) is 20.1. The number of halogens is 1. The van der Waals surface area contributed by atoms with Gasteiger partial charge < -0.3 is 15.3 Å². The summed E-state index contributed by atoms with van der Waals surface area (Å²) in [7, 11) is 0. The van der Waals surface area contributed by atoms with Crippen molar-refractivity contribution in [2.24, 2.45) is 5.92 Å². The molecule has 1 saturated heterocycles. The quantitative estimate of drug-likeness (QED) is 0.422. The Bertz CT molecular complexity index is 1190. The fraction of sp³-hybridized carbons (Fsp3) is 0.333. The first-order valence-electron chi connectivity index (χ1n) is 10.8. The number of imidazole rings is 1. The first-order valence-corrected chi connectivity index (χ1v) is 11.2. The Hall–Kier alpha value is -2.83. The van der Waals surface area contributed by atoms with Gasteiger partial charge in [0.2, 0.25) is 5.91 Å². The summed E-state index contributed by atoms with van der Waals surface area (Å²) in [6, 6.07) is 13.7. The van der Waals surface area contributed by atoms with Crippen molar-refractivity contribution in [2.75, 3.05) is 13.1 Å². The van der Waals surface area contributed by atoms with E-state index in [2.05, 4.69) is 31.4 Å². The molecule has 31 heavy (non-hydrogen) atoms. The number of carbonyl (C=O) groups excluding carboxylic acids is 1. The van der Waals surface area contributed by atoms with Crippen molar-refractivity contribution in [1.29, 1.82) is 0 Å². The van der Waals surface area contributed by atoms with E-state index in [1.807, 2.05) is 49.4 Å². The number of H-pyrrole nitrogens is 2. The SMILES string of the molecule is CC(NC(=O)C1CCN(Cc2c[nH]c3ccc(Cl)cc23)CC1)c1nc2ccccc2[nH]1. The summed E-state index contributed by atoms with van der Waals surface area (Å²) >= 11 is 6.17. The third-order valence-corrected chi connectivity index (χ3v) is 6.49. The van der Waals surface area contributed by atoms with Crippen molar-refractivity contribution in [3.63, 3.8) is 0 Å². The van der Waals surface area contributed by atoms with E-state index in [1.165, 1.54) is 10.9 Å². The molecule has 160 valence electrons. The number of aromatic nitrogens is 3. The Morgan fingerprint density at radius 3 is 2.84 bits per heavy atom. The Kier molecular flexibility index (Phi) is 5.42. The molecule has 2 aromatic carbocycles. The second-order valence-electron chi connectivity index (χ2n) is 8.42. The molecule has 2 aromatic heterocycles. The molecule has 1 atom stereocenters. The Balaban J connectivity index is 1.17. The molecular weight excluding hydrogens is 410 g/mol. The number of aromatic amines is 2. The van der Waals surface area contributed by atoms with Crippen LogP contribution in [0.2, 0.25) is 5.02 Å². The maximum Gasteiger partial charge on any atom is 0.223 e. The molecular formula is C24H26ClN5O. The molecule has 1 aliphatic rings. The van der Waals surface area contributed by atoms with Gasteiger partial charge in [-0.3, -0.25) is 9.69 Å². The Morgan fingerprint density at radius 1 is 1.23 bits per heavy atom. The van der Waals surface area contributed by atoms with Gasteiger partial charge in [-0.1, -0.05) is 23.7 Å². The number of fused-ring (bicyclic) bond motifs is 2. The molecule has 0 spiro atoms. The van der Waals surface area contributed by atoms with Crippen LogP contribution in [0.5, 0.6) is 0 Å². The van der Waals surface area contributed by atoms with Gasteiger partial charge in [-0.15, -0.1) is 0 Å². The zero-order chi connectivity index (χ0) is 21.4. The summed E-state index contributed by atoms with van der Waals surface area (Å²) in [6.07, 6.45) is 3.79. The molecule has 0 saturated carbocycles. The van der Waals surface area contributed by atoms with Gasteiger partial charge >= 0.3 is 0 Å². The van der Waals surface area contributed by atoms with Crippen LogP contribution in [0.1, 0.15) is 37.2 Å². The van der Waals surface area contributed by atoms with E-state index in [-0.39, 0.29) is 17.9 Å². The molecule has 1 fully saturated rings. The van der Waals surface area contributed by atoms with Crippen LogP contribution in [0, 0.1) is 5.92 Å². The van der Waals surface area contributed by atoms with Crippen molar-refractivity contribution >= 4 is 39.4 Å². The highest BCUT2D eigenvalue weighted by Gasteiger charge is 2.27. The topological polar surface area (TPSA) is 76.8 Å². The molecule has 7 heteroatoms. The van der Waals surface area contributed by atoms with Crippen LogP contribution in [0.4, 0.5) is 0 Å². The van der Waals surface area contributed by atoms with Gasteiger partial charge in [0.15, 0.2) is 0 Å². The van der Waals surface area contributed by atoms with Gasteiger partial charge in [-0.25, -0.2) is 4.98 Å². The maximum absolute atomic E-state index is 12.8. The average Bonchev–Trinajstić information content (AvgIpc) is 3.38. The van der Waals surface area contributed by atoms with E-state index in [0.717, 1.165) is 59.9 Å². The summed E-state index contributed by atoms with van der Waals surface area (Å²) in [5.41, 5.74) is 4.27. The molecule has 1 aliphatic heterocycles. The van der Waals surface area contributed by atoms with Crippen molar-refractivity contribution in [3.05, 3.63) is 65.1 Å². The van der Waals surface area contributed by atoms with Crippen molar-refractivity contribution in [1.82, 2.24) is 25.2 Å². The van der Waals surface area contributed by atoms with E-state index < -0.39 is 0 Å². The summed E-state index contributed by atoms with van der Waals surface area (Å²) in [6.45, 7) is 4.66. The van der Waals surface area contributed by atoms with Gasteiger partial charge in [0, 0.05) is 34.6 Å². The van der Waals surface area contributed by atoms with E-state index in [0.29, 0.717) is 0 Å². The number of hydrogen-bond acceptors (Lipinski definition) is 3. The third-order valence-electron chi connectivity index (χ3n) is 6.26. The number of carbonyl (C=O) groups is 1. The molecule has 4 aromatic rings. The number of hydrogen-bond donors (Lipinski definition) is 3. The summed E-state index contributed by atoms with van der Waals surface area (Å²) in [5.74, 6) is 0.956. The highest BCUT2D eigenvalue weighted by molar-refractivity contribution is 6.31. The molecule has 3 N–H and O–H groups in total. The predicted molar refractivity (Wildman–Crippen MR) is 124 cm³/mol. The number of nitrogens with one attached hydrogen (secondary N) is 3. The second-order valence-corrected chi connectivity index (χ2v) is 8.86. The normalized spacial score (nSPS) is 16.7. The van der Waals surface area contributed by atoms with Crippen LogP contribution in [0.25, 0.3) is 21.9 Å². The number of rotatable bonds is 5. The van der Waals surface area contributed by atoms with Gasteiger partial charge in [0.1, 0.15) is 5.82 Å². The van der Waals surface area contributed by atoms with Gasteiger partial charge in [-0.05, 0) is 68.8 Å². The van der Waals surface area contributed by atoms with E-state index in [4.69, 9.17) is 11.6 Å². The number of nitrogens with zero attached hydrogens (tertiary/aromatic N) is 2. The van der Waals surface area contributed by atoms with Crippen LogP contribution in [-0.4, -0.2) is 38.8 Å². The van der Waals surface area contributed by atoms with Crippen molar-refractivity contribution in [3.8, 4) is 0 Å². The van der Waals surface area contributed by atoms with E-state index in [9.17, 15) is 4.79 Å². The summed E-state index contributed by atoms with van der Waals surface area (Å²) in [5, 5.41) is 5.07. The van der Waals surface area contributed by atoms with Gasteiger partial charge in [0.25, 0.3) is 0 Å². The van der Waals surface area contributed by atoms with Crippen molar-refractivity contribution < 1.29 is 4.79 Å². The number of amides is 1. The van der Waals surface area contributed by atoms with Crippen LogP contribution in [0.3, 0.4) is 0 Å². The van der Waals surface area contributed by atoms with Crippen molar-refractivity contribution in [2.45, 2.75) is 32.4 Å². The molecule has 5 rings (SSSR count). The zero-order valence-corrected chi connectivity index (χ0v) is 18.2. The summed E-state index contributed by atoms with van der Waals surface area (Å²) in [4.78, 5) is 26.5. The van der Waals surface area contributed by atoms with E-state index >= 15 is 0 Å². The molecule has 1 unspecified atom stereocenters. The monoisotopic (exact) mass is 435 g/mol. The van der Waals surface area contributed by atoms with Crippen LogP contribution < -0.4 is 5.32 Å². The van der Waals surface area contributed by atoms with E-state index in [1.54, 1.807) is 0 Å². The highest BCUT2D eigenvalue weighted by Crippen LogP contribution is 2.26. The van der Waals surface area contributed by atoms with Gasteiger partial charge in [0.05, 0.1) is 17.1 Å². The number of para-hydroxylation sites is 2. The number of likely N-dealkylation sites (tertiary alicyclic amines) is 1. The molecule has 1 amide bonds. The fourth-order valence-electron chi connectivity index (χ4n) is 4.45. The Morgan fingerprint density at radius 2 is 2.03 bits per heavy atom. The minimum atomic E-state index is -0.145. The predicted octanol–water partition coefficient (Wildman–Crippen LogP) is 4.79. The molecule has 0 aliphatic carbocycles. The minimum Gasteiger partial charge on any atom is -0.361 e. The lowest BCUT2D eigenvalue weighted by Crippen LogP contribution is -2.41. The minimum absolute atomic E-state index is 0.0421. The van der Waals surface area contributed by atoms with Crippen LogP contribution in [-0.2, 0) is 11.3 Å². The largest absolute Gasteiger partial charge is 0.361 e. The Labute approximate surface area is 186 Å².